The quantitative estimate of drug-likeness (QED) is 0.320. The lowest BCUT2D eigenvalue weighted by molar-refractivity contribution is -0.0524. The highest BCUT2D eigenvalue weighted by Gasteiger charge is 2.60. The predicted molar refractivity (Wildman–Crippen MR) is 123 cm³/mol. The maximum absolute atomic E-state index is 12.8. The van der Waals surface area contributed by atoms with Crippen molar-refractivity contribution in [2.24, 2.45) is 17.8 Å². The first-order valence-corrected chi connectivity index (χ1v) is 14.2. The average Bonchev–Trinajstić information content (AvgIpc) is 3.28. The minimum absolute atomic E-state index is 0.0432. The molecule has 2 aliphatic carbocycles. The van der Waals surface area contributed by atoms with Gasteiger partial charge in [-0.25, -0.2) is 0 Å². The van der Waals surface area contributed by atoms with E-state index < -0.39 is 23.9 Å². The minimum Gasteiger partial charge on any atom is -0.407 e. The van der Waals surface area contributed by atoms with Gasteiger partial charge in [-0.15, -0.1) is 0 Å². The van der Waals surface area contributed by atoms with E-state index in [1.165, 1.54) is 6.08 Å². The van der Waals surface area contributed by atoms with E-state index >= 15 is 0 Å². The third-order valence-corrected chi connectivity index (χ3v) is 12.6. The number of hydrogen-bond donors (Lipinski definition) is 0. The fourth-order valence-electron chi connectivity index (χ4n) is 5.05. The van der Waals surface area contributed by atoms with E-state index in [4.69, 9.17) is 4.43 Å². The first-order chi connectivity index (χ1) is 15.4. The molecule has 0 N–H and O–H groups in total. The molecule has 2 aromatic carbocycles. The lowest BCUT2D eigenvalue weighted by atomic mass is 10.2. The van der Waals surface area contributed by atoms with Crippen LogP contribution in [-0.2, 0) is 18.7 Å². The molecule has 2 aliphatic rings. The predicted octanol–water partition coefficient (Wildman–Crippen LogP) is 4.58. The fourth-order valence-corrected chi connectivity index (χ4v) is 10.2. The van der Waals surface area contributed by atoms with Gasteiger partial charge in [0.1, 0.15) is 5.76 Å². The van der Waals surface area contributed by atoms with E-state index in [1.54, 1.807) is 0 Å². The summed E-state index contributed by atoms with van der Waals surface area (Å²) < 4.78 is 72.6. The number of benzene rings is 2. The van der Waals surface area contributed by atoms with Crippen molar-refractivity contribution in [3.63, 3.8) is 0 Å². The Balaban J connectivity index is 1.60. The van der Waals surface area contributed by atoms with Crippen LogP contribution < -0.4 is 10.4 Å². The Bertz CT molecular complexity index is 1090. The number of alkyl halides is 3. The normalized spacial score (nSPS) is 23.1. The molecule has 0 bridgehead atoms. The lowest BCUT2D eigenvalue weighted by Crippen LogP contribution is -2.66. The van der Waals surface area contributed by atoms with Crippen LogP contribution in [0.25, 0.3) is 0 Å². The van der Waals surface area contributed by atoms with Gasteiger partial charge in [-0.05, 0) is 39.7 Å². The van der Waals surface area contributed by atoms with Gasteiger partial charge < -0.3 is 8.61 Å². The van der Waals surface area contributed by atoms with Crippen molar-refractivity contribution in [2.45, 2.75) is 37.7 Å². The molecule has 0 saturated heterocycles. The topological polar surface area (TPSA) is 52.6 Å². The van der Waals surface area contributed by atoms with Gasteiger partial charge in [-0.2, -0.15) is 21.6 Å². The van der Waals surface area contributed by atoms with Crippen molar-refractivity contribution in [3.8, 4) is 0 Å². The summed E-state index contributed by atoms with van der Waals surface area (Å²) >= 11 is 0. The van der Waals surface area contributed by atoms with Crippen molar-refractivity contribution in [3.05, 3.63) is 72.5 Å². The van der Waals surface area contributed by atoms with Crippen molar-refractivity contribution in [1.29, 1.82) is 0 Å². The van der Waals surface area contributed by atoms with Crippen LogP contribution >= 0.6 is 0 Å². The third-order valence-electron chi connectivity index (χ3n) is 6.65. The molecule has 0 aromatic heterocycles. The Hall–Kier alpha value is -2.10. The molecule has 2 aromatic rings. The SMILES string of the molecule is CC(C)(C)[Si](OCC1C2CC=C(OS(=O)(=O)C(F)(F)F)C21)(c1ccccc1)c1ccccc1. The number of fused-ring (bicyclic) bond motifs is 1. The molecule has 9 heteroatoms. The van der Waals surface area contributed by atoms with Gasteiger partial charge in [0.2, 0.25) is 0 Å². The van der Waals surface area contributed by atoms with Crippen molar-refractivity contribution >= 4 is 28.8 Å². The van der Waals surface area contributed by atoms with Gasteiger partial charge in [0.15, 0.2) is 0 Å². The zero-order valence-electron chi connectivity index (χ0n) is 18.7. The van der Waals surface area contributed by atoms with E-state index in [1.807, 2.05) is 36.4 Å². The van der Waals surface area contributed by atoms with Gasteiger partial charge in [0, 0.05) is 12.5 Å². The zero-order valence-corrected chi connectivity index (χ0v) is 20.5. The summed E-state index contributed by atoms with van der Waals surface area (Å²) in [6.45, 7) is 6.78. The summed E-state index contributed by atoms with van der Waals surface area (Å²) in [5.74, 6) is -0.495. The third kappa shape index (κ3) is 4.26. The zero-order chi connectivity index (χ0) is 24.1. The molecule has 1 fully saturated rings. The number of allylic oxidation sites excluding steroid dienone is 2. The first-order valence-electron chi connectivity index (χ1n) is 10.8. The first kappa shape index (κ1) is 24.0. The highest BCUT2D eigenvalue weighted by Crippen LogP contribution is 2.59. The summed E-state index contributed by atoms with van der Waals surface area (Å²) in [7, 11) is -8.44. The molecule has 1 saturated carbocycles. The molecule has 0 heterocycles. The van der Waals surface area contributed by atoms with Crippen LogP contribution in [-0.4, -0.2) is 28.9 Å². The Labute approximate surface area is 193 Å². The molecule has 3 unspecified atom stereocenters. The second-order valence-corrected chi connectivity index (χ2v) is 15.5. The highest BCUT2D eigenvalue weighted by atomic mass is 32.2. The number of halogens is 3. The van der Waals surface area contributed by atoms with Gasteiger partial charge in [0.05, 0.1) is 0 Å². The summed E-state index contributed by atoms with van der Waals surface area (Å²) in [6.07, 6.45) is 1.94. The molecule has 0 spiro atoms. The Morgan fingerprint density at radius 3 is 1.91 bits per heavy atom. The van der Waals surface area contributed by atoms with Crippen molar-refractivity contribution in [2.75, 3.05) is 6.61 Å². The van der Waals surface area contributed by atoms with Crippen LogP contribution in [0.2, 0.25) is 5.04 Å². The molecular weight excluding hydrogens is 469 g/mol. The van der Waals surface area contributed by atoms with Crippen LogP contribution in [0.15, 0.2) is 72.5 Å². The molecule has 0 amide bonds. The summed E-state index contributed by atoms with van der Waals surface area (Å²) in [5, 5.41) is 2.00. The molecule has 33 heavy (non-hydrogen) atoms. The molecule has 0 radical (unpaired) electrons. The molecule has 3 atom stereocenters. The molecule has 0 aliphatic heterocycles. The van der Waals surface area contributed by atoms with Gasteiger partial charge >= 0.3 is 15.6 Å². The molecule has 4 nitrogen and oxygen atoms in total. The van der Waals surface area contributed by atoms with Crippen LogP contribution in [0.3, 0.4) is 0 Å². The fraction of sp³-hybridized carbons (Fsp3) is 0.417. The van der Waals surface area contributed by atoms with Crippen LogP contribution in [0.5, 0.6) is 0 Å². The van der Waals surface area contributed by atoms with E-state index in [0.29, 0.717) is 13.0 Å². The van der Waals surface area contributed by atoms with Crippen LogP contribution in [0, 0.1) is 17.8 Å². The largest absolute Gasteiger partial charge is 0.534 e. The highest BCUT2D eigenvalue weighted by molar-refractivity contribution is 7.87. The maximum Gasteiger partial charge on any atom is 0.534 e. The minimum atomic E-state index is -5.66. The number of rotatable bonds is 7. The van der Waals surface area contributed by atoms with E-state index in [-0.39, 0.29) is 28.6 Å². The van der Waals surface area contributed by atoms with Gasteiger partial charge in [0.25, 0.3) is 8.32 Å². The average molecular weight is 497 g/mol. The Kier molecular flexibility index (Phi) is 6.03. The van der Waals surface area contributed by atoms with E-state index in [2.05, 4.69) is 49.2 Å². The summed E-state index contributed by atoms with van der Waals surface area (Å²) in [6, 6.07) is 20.1. The van der Waals surface area contributed by atoms with E-state index in [9.17, 15) is 21.6 Å². The monoisotopic (exact) mass is 496 g/mol. The Morgan fingerprint density at radius 2 is 1.45 bits per heavy atom. The lowest BCUT2D eigenvalue weighted by Gasteiger charge is -2.43. The molecule has 4 rings (SSSR count). The smallest absolute Gasteiger partial charge is 0.407 e. The Morgan fingerprint density at radius 1 is 0.939 bits per heavy atom. The van der Waals surface area contributed by atoms with Gasteiger partial charge in [-0.1, -0.05) is 81.4 Å². The van der Waals surface area contributed by atoms with Crippen molar-refractivity contribution in [1.82, 2.24) is 0 Å². The maximum atomic E-state index is 12.8. The second-order valence-electron chi connectivity index (χ2n) is 9.65. The van der Waals surface area contributed by atoms with Crippen LogP contribution in [0.1, 0.15) is 27.2 Å². The van der Waals surface area contributed by atoms with Crippen LogP contribution in [0.4, 0.5) is 13.2 Å². The standard InChI is InChI=1S/C24H27F3O4SSi/c1-23(2,3)33(17-10-6-4-7-11-17,18-12-8-5-9-13-18)30-16-20-19-14-15-21(22(19)20)31-32(28,29)24(25,26)27/h4-13,15,19-20,22H,14,16H2,1-3H3. The molecular formula is C24H27F3O4SSi. The molecule has 178 valence electrons. The number of hydrogen-bond acceptors (Lipinski definition) is 4. The second kappa shape index (κ2) is 8.28. The van der Waals surface area contributed by atoms with Crippen molar-refractivity contribution < 1.29 is 30.2 Å². The summed E-state index contributed by atoms with van der Waals surface area (Å²) in [4.78, 5) is 0. The summed E-state index contributed by atoms with van der Waals surface area (Å²) in [5.41, 5.74) is -5.44. The van der Waals surface area contributed by atoms with Gasteiger partial charge in [-0.3, -0.25) is 0 Å². The van der Waals surface area contributed by atoms with E-state index in [0.717, 1.165) is 10.4 Å².